The number of H-pyrrole nitrogens is 2. The van der Waals surface area contributed by atoms with E-state index < -0.39 is 5.82 Å². The molecule has 22 heteroatoms. The first-order valence-electron chi connectivity index (χ1n) is 23.1. The largest absolute Gasteiger partial charge is 0.382 e. The van der Waals surface area contributed by atoms with Crippen LogP contribution in [0.3, 0.4) is 0 Å². The summed E-state index contributed by atoms with van der Waals surface area (Å²) in [6, 6.07) is 23.5. The summed E-state index contributed by atoms with van der Waals surface area (Å²) in [5.41, 5.74) is 17.2. The molecule has 0 radical (unpaired) electrons. The maximum Gasteiger partial charge on any atom is 0.251 e. The van der Waals surface area contributed by atoms with Crippen molar-refractivity contribution in [3.8, 4) is 45.6 Å². The maximum absolute atomic E-state index is 14.0. The van der Waals surface area contributed by atoms with Gasteiger partial charge in [-0.3, -0.25) is 19.8 Å². The Hall–Kier alpha value is -7.42. The third kappa shape index (κ3) is 11.8. The van der Waals surface area contributed by atoms with E-state index in [0.29, 0.717) is 66.7 Å². The van der Waals surface area contributed by atoms with Crippen LogP contribution in [0.1, 0.15) is 81.0 Å². The molecule has 2 aliphatic heterocycles. The fourth-order valence-electron chi connectivity index (χ4n) is 8.27. The summed E-state index contributed by atoms with van der Waals surface area (Å²) in [5.74, 6) is 2.24. The van der Waals surface area contributed by atoms with Gasteiger partial charge in [-0.2, -0.15) is 10.2 Å². The first kappa shape index (κ1) is 49.6. The number of aromatic nitrogens is 10. The Balaban J connectivity index is 0.000000178. The van der Waals surface area contributed by atoms with Crippen LogP contribution in [0.5, 0.6) is 0 Å². The van der Waals surface area contributed by atoms with Gasteiger partial charge >= 0.3 is 0 Å². The highest BCUT2D eigenvalue weighted by atomic mass is 35.5. The van der Waals surface area contributed by atoms with Crippen molar-refractivity contribution in [2.24, 2.45) is 0 Å². The second kappa shape index (κ2) is 22.8. The van der Waals surface area contributed by atoms with E-state index in [1.165, 1.54) is 18.3 Å². The number of nitrogens with zero attached hydrogens (tertiary/aromatic N) is 8. The summed E-state index contributed by atoms with van der Waals surface area (Å²) >= 11 is 18.3. The average molecular weight is 1030 g/mol. The van der Waals surface area contributed by atoms with Gasteiger partial charge in [0.25, 0.3) is 11.8 Å². The Morgan fingerprint density at radius 1 is 0.639 bits per heavy atom. The lowest BCUT2D eigenvalue weighted by Crippen LogP contribution is -2.28. The van der Waals surface area contributed by atoms with Gasteiger partial charge in [-0.25, -0.2) is 34.3 Å². The van der Waals surface area contributed by atoms with Crippen LogP contribution in [-0.4, -0.2) is 88.3 Å². The molecule has 0 bridgehead atoms. The zero-order valence-electron chi connectivity index (χ0n) is 38.5. The first-order chi connectivity index (χ1) is 35.0. The van der Waals surface area contributed by atoms with Gasteiger partial charge in [0.05, 0.1) is 23.8 Å². The van der Waals surface area contributed by atoms with Crippen LogP contribution in [0.15, 0.2) is 97.3 Å². The van der Waals surface area contributed by atoms with E-state index in [9.17, 15) is 14.0 Å². The van der Waals surface area contributed by atoms with Gasteiger partial charge in [-0.15, -0.1) is 0 Å². The number of piperidine rings is 2. The number of nitrogen functional groups attached to an aromatic ring is 2. The van der Waals surface area contributed by atoms with E-state index in [4.69, 9.17) is 46.3 Å². The van der Waals surface area contributed by atoms with E-state index in [1.54, 1.807) is 66.9 Å². The van der Waals surface area contributed by atoms with Crippen LogP contribution in [-0.2, 0) is 13.1 Å². The fraction of sp³-hybridized carbons (Fsp3) is 0.240. The third-order valence-electron chi connectivity index (χ3n) is 12.2. The molecule has 2 amide bonds. The van der Waals surface area contributed by atoms with Crippen molar-refractivity contribution in [1.82, 2.24) is 71.6 Å². The molecule has 8 aromatic rings. The molecular formula is C50H48Cl3FN16O2. The van der Waals surface area contributed by atoms with Gasteiger partial charge in [-0.05, 0) is 98.9 Å². The molecule has 2 atom stereocenters. The molecule has 10 rings (SSSR count). The highest BCUT2D eigenvalue weighted by Crippen LogP contribution is 2.30. The lowest BCUT2D eigenvalue weighted by Gasteiger charge is -2.20. The summed E-state index contributed by atoms with van der Waals surface area (Å²) in [4.78, 5) is 52.7. The molecule has 368 valence electrons. The predicted octanol–water partition coefficient (Wildman–Crippen LogP) is 7.92. The van der Waals surface area contributed by atoms with Gasteiger partial charge in [0.15, 0.2) is 23.0 Å². The number of carbonyl (C=O) groups excluding carboxylic acids is 2. The van der Waals surface area contributed by atoms with Gasteiger partial charge in [0.1, 0.15) is 17.5 Å². The number of carbonyl (C=O) groups is 2. The van der Waals surface area contributed by atoms with Crippen LogP contribution in [0.2, 0.25) is 15.1 Å². The highest BCUT2D eigenvalue weighted by molar-refractivity contribution is 6.33. The number of hydrogen-bond acceptors (Lipinski definition) is 14. The third-order valence-corrected chi connectivity index (χ3v) is 13.1. The molecular weight excluding hydrogens is 982 g/mol. The van der Waals surface area contributed by atoms with Crippen LogP contribution >= 0.6 is 34.8 Å². The van der Waals surface area contributed by atoms with E-state index in [0.717, 1.165) is 69.1 Å². The summed E-state index contributed by atoms with van der Waals surface area (Å²) < 4.78 is 14.0. The molecule has 18 nitrogen and oxygen atoms in total. The number of benzene rings is 4. The van der Waals surface area contributed by atoms with Crippen molar-refractivity contribution in [2.75, 3.05) is 37.6 Å². The Morgan fingerprint density at radius 2 is 1.17 bits per heavy atom. The number of nitrogens with one attached hydrogen (secondary N) is 6. The molecule has 0 saturated carbocycles. The smallest absolute Gasteiger partial charge is 0.251 e. The second-order valence-electron chi connectivity index (χ2n) is 17.1. The number of hydrogen-bond donors (Lipinski definition) is 8. The average Bonchev–Trinajstić information content (AvgIpc) is 4.12. The molecule has 0 aliphatic carbocycles. The normalized spacial score (nSPS) is 15.6. The van der Waals surface area contributed by atoms with Crippen molar-refractivity contribution >= 4 is 58.3 Å². The first-order valence-corrected chi connectivity index (χ1v) is 24.3. The molecule has 4 aromatic carbocycles. The molecule has 6 heterocycles. The van der Waals surface area contributed by atoms with Gasteiger partial charge in [0, 0.05) is 80.9 Å². The van der Waals surface area contributed by atoms with E-state index >= 15 is 0 Å². The topological polar surface area (TPSA) is 269 Å². The van der Waals surface area contributed by atoms with Crippen LogP contribution < -0.4 is 32.7 Å². The van der Waals surface area contributed by atoms with Gasteiger partial charge in [0.2, 0.25) is 11.6 Å². The zero-order chi connectivity index (χ0) is 50.1. The summed E-state index contributed by atoms with van der Waals surface area (Å²) in [5, 5.41) is 28.4. The summed E-state index contributed by atoms with van der Waals surface area (Å²) in [6.07, 6.45) is 7.35. The molecule has 72 heavy (non-hydrogen) atoms. The van der Waals surface area contributed by atoms with Crippen LogP contribution in [0.25, 0.3) is 45.6 Å². The molecule has 0 unspecified atom stereocenters. The van der Waals surface area contributed by atoms with Crippen molar-refractivity contribution in [3.05, 3.63) is 152 Å². The minimum atomic E-state index is -0.476. The number of halogens is 4. The van der Waals surface area contributed by atoms with Crippen molar-refractivity contribution in [1.29, 1.82) is 0 Å². The molecule has 10 N–H and O–H groups in total. The van der Waals surface area contributed by atoms with Crippen molar-refractivity contribution in [3.63, 3.8) is 0 Å². The van der Waals surface area contributed by atoms with Crippen LogP contribution in [0, 0.1) is 5.82 Å². The minimum absolute atomic E-state index is 0.0376. The van der Waals surface area contributed by atoms with Crippen molar-refractivity contribution < 1.29 is 14.0 Å². The molecule has 0 spiro atoms. The Bertz CT molecular complexity index is 3210. The predicted molar refractivity (Wildman–Crippen MR) is 274 cm³/mol. The van der Waals surface area contributed by atoms with E-state index in [-0.39, 0.29) is 59.0 Å². The summed E-state index contributed by atoms with van der Waals surface area (Å²) in [6.45, 7) is 3.93. The molecule has 4 aromatic heterocycles. The van der Waals surface area contributed by atoms with Crippen LogP contribution in [0.4, 0.5) is 16.0 Å². The Morgan fingerprint density at radius 3 is 1.68 bits per heavy atom. The molecule has 2 saturated heterocycles. The number of anilines is 2. The summed E-state index contributed by atoms with van der Waals surface area (Å²) in [7, 11) is 0. The standard InChI is InChI=1S/C25H24Cl2N8O.C25H24ClFN8O/c26-18-6-7-19(27)17(10-18)12-31-25(36)15-4-1-3-14(9-15)20-13-30-22(28)21(32-20)24-33-23(34-35-24)16-5-2-8-29-11-16;26-18-7-2-8-19(27)17(18)12-31-25(36)15-5-1-4-14(10-15)20-13-30-22(28)21(32-20)24-33-23(34-35-24)16-6-3-9-29-11-16/h1,3-4,6-7,9-10,13,16,29H,2,5,8,11-12H2,(H2,28,30)(H,31,36)(H,33,34,35);1-2,4-5,7-8,10,13,16,29H,3,6,9,11-12H2,(H2,28,30)(H,31,36)(H,33,34,35)/t2*16-/m00/s1. The number of amides is 2. The highest BCUT2D eigenvalue weighted by Gasteiger charge is 2.23. The monoisotopic (exact) mass is 1030 g/mol. The quantitative estimate of drug-likeness (QED) is 0.0578. The minimum Gasteiger partial charge on any atom is -0.382 e. The SMILES string of the molecule is Nc1ncc(-c2cccc(C(=O)NCc3c(F)cccc3Cl)c2)nc1-c1n[nH]c([C@H]2CCCNC2)n1.Nc1ncc(-c2cccc(C(=O)NCc3cc(Cl)ccc3Cl)c2)nc1-c1n[nH]c([C@H]2CCCNC2)n1. The lowest BCUT2D eigenvalue weighted by atomic mass is 9.99. The number of aromatic amines is 2. The second-order valence-corrected chi connectivity index (χ2v) is 18.4. The Kier molecular flexibility index (Phi) is 15.7. The number of rotatable bonds is 12. The van der Waals surface area contributed by atoms with E-state index in [2.05, 4.69) is 71.6 Å². The molecule has 2 fully saturated rings. The number of nitrogens with two attached hydrogens (primary N) is 2. The fourth-order valence-corrected chi connectivity index (χ4v) is 8.88. The maximum atomic E-state index is 14.0. The van der Waals surface area contributed by atoms with Gasteiger partial charge in [-0.1, -0.05) is 65.1 Å². The van der Waals surface area contributed by atoms with Crippen molar-refractivity contribution in [2.45, 2.75) is 50.6 Å². The van der Waals surface area contributed by atoms with Gasteiger partial charge < -0.3 is 32.7 Å². The van der Waals surface area contributed by atoms with E-state index in [1.807, 2.05) is 12.1 Å². The Labute approximate surface area is 427 Å². The lowest BCUT2D eigenvalue weighted by molar-refractivity contribution is 0.0942. The zero-order valence-corrected chi connectivity index (χ0v) is 40.8. The molecule has 2 aliphatic rings.